The molecule has 0 aliphatic heterocycles. The molecule has 0 bridgehead atoms. The summed E-state index contributed by atoms with van der Waals surface area (Å²) in [5.41, 5.74) is 2.90. The van der Waals surface area contributed by atoms with Gasteiger partial charge in [-0.15, -0.1) is 0 Å². The Morgan fingerprint density at radius 2 is 2.00 bits per heavy atom. The summed E-state index contributed by atoms with van der Waals surface area (Å²) in [4.78, 5) is 4.37. The Morgan fingerprint density at radius 1 is 1.32 bits per heavy atom. The van der Waals surface area contributed by atoms with Crippen LogP contribution in [0.3, 0.4) is 0 Å². The van der Waals surface area contributed by atoms with Crippen LogP contribution in [0.1, 0.15) is 29.7 Å². The average molecular weight is 316 g/mol. The van der Waals surface area contributed by atoms with Crippen LogP contribution < -0.4 is 5.32 Å². The fourth-order valence-electron chi connectivity index (χ4n) is 1.77. The fraction of sp³-hybridized carbons (Fsp3) is 0.200. The molecule has 1 aromatic heterocycles. The largest absolute Gasteiger partial charge is 0.363 e. The molecule has 0 aliphatic rings. The Morgan fingerprint density at radius 3 is 2.58 bits per heavy atom. The highest BCUT2D eigenvalue weighted by Gasteiger charge is 2.08. The molecule has 1 atom stereocenters. The Kier molecular flexibility index (Phi) is 4.18. The van der Waals surface area contributed by atoms with Gasteiger partial charge in [-0.1, -0.05) is 12.1 Å². The standard InChI is InChI=1S/C15H14BrN3/c1-10-7-14(16)15(18-9-10)19-11(2)13-5-3-12(8-17)4-6-13/h3-7,9,11H,1-2H3,(H,18,19). The van der Waals surface area contributed by atoms with Gasteiger partial charge in [-0.3, -0.25) is 0 Å². The molecule has 1 N–H and O–H groups in total. The monoisotopic (exact) mass is 315 g/mol. The van der Waals surface area contributed by atoms with Gasteiger partial charge in [-0.2, -0.15) is 5.26 Å². The SMILES string of the molecule is Cc1cnc(NC(C)c2ccc(C#N)cc2)c(Br)c1. The van der Waals surface area contributed by atoms with Crippen molar-refractivity contribution in [2.45, 2.75) is 19.9 Å². The lowest BCUT2D eigenvalue weighted by molar-refractivity contribution is 0.872. The molecule has 0 saturated carbocycles. The highest BCUT2D eigenvalue weighted by Crippen LogP contribution is 2.25. The zero-order chi connectivity index (χ0) is 13.8. The van der Waals surface area contributed by atoms with E-state index < -0.39 is 0 Å². The van der Waals surface area contributed by atoms with Crippen LogP contribution in [0, 0.1) is 18.3 Å². The van der Waals surface area contributed by atoms with E-state index in [-0.39, 0.29) is 6.04 Å². The molecule has 19 heavy (non-hydrogen) atoms. The predicted octanol–water partition coefficient (Wildman–Crippen LogP) is 4.20. The second-order valence-electron chi connectivity index (χ2n) is 4.44. The second-order valence-corrected chi connectivity index (χ2v) is 5.30. The number of aryl methyl sites for hydroxylation is 1. The van der Waals surface area contributed by atoms with Crippen molar-refractivity contribution in [3.05, 3.63) is 57.7 Å². The number of nitrogens with zero attached hydrogens (tertiary/aromatic N) is 2. The minimum Gasteiger partial charge on any atom is -0.363 e. The van der Waals surface area contributed by atoms with E-state index in [1.54, 1.807) is 0 Å². The zero-order valence-electron chi connectivity index (χ0n) is 10.8. The highest BCUT2D eigenvalue weighted by atomic mass is 79.9. The molecular formula is C15H14BrN3. The van der Waals surface area contributed by atoms with Crippen molar-refractivity contribution in [3.8, 4) is 6.07 Å². The summed E-state index contributed by atoms with van der Waals surface area (Å²) >= 11 is 3.50. The Balaban J connectivity index is 2.16. The number of halogens is 1. The van der Waals surface area contributed by atoms with E-state index in [1.165, 1.54) is 0 Å². The third-order valence-electron chi connectivity index (χ3n) is 2.87. The maximum atomic E-state index is 8.78. The van der Waals surface area contributed by atoms with Gasteiger partial charge < -0.3 is 5.32 Å². The van der Waals surface area contributed by atoms with Crippen molar-refractivity contribution in [1.29, 1.82) is 5.26 Å². The normalized spacial score (nSPS) is 11.7. The van der Waals surface area contributed by atoms with Crippen molar-refractivity contribution in [1.82, 2.24) is 4.98 Å². The molecule has 1 aromatic carbocycles. The number of hydrogen-bond donors (Lipinski definition) is 1. The molecule has 3 nitrogen and oxygen atoms in total. The van der Waals surface area contributed by atoms with Crippen LogP contribution in [0.4, 0.5) is 5.82 Å². The molecule has 0 aliphatic carbocycles. The number of hydrogen-bond acceptors (Lipinski definition) is 3. The lowest BCUT2D eigenvalue weighted by Gasteiger charge is -2.16. The van der Waals surface area contributed by atoms with Gasteiger partial charge in [0, 0.05) is 12.2 Å². The van der Waals surface area contributed by atoms with E-state index in [0.717, 1.165) is 21.4 Å². The van der Waals surface area contributed by atoms with Gasteiger partial charge in [0.15, 0.2) is 0 Å². The topological polar surface area (TPSA) is 48.7 Å². The number of benzene rings is 1. The third kappa shape index (κ3) is 3.33. The lowest BCUT2D eigenvalue weighted by atomic mass is 10.1. The van der Waals surface area contributed by atoms with Gasteiger partial charge in [-0.05, 0) is 59.1 Å². The fourth-order valence-corrected chi connectivity index (χ4v) is 2.35. The molecule has 4 heteroatoms. The molecule has 0 fully saturated rings. The molecule has 2 aromatic rings. The van der Waals surface area contributed by atoms with Crippen LogP contribution in [0.5, 0.6) is 0 Å². The van der Waals surface area contributed by atoms with Crippen molar-refractivity contribution >= 4 is 21.7 Å². The molecular weight excluding hydrogens is 302 g/mol. The van der Waals surface area contributed by atoms with Gasteiger partial charge in [0.25, 0.3) is 0 Å². The highest BCUT2D eigenvalue weighted by molar-refractivity contribution is 9.10. The first-order valence-electron chi connectivity index (χ1n) is 5.99. The quantitative estimate of drug-likeness (QED) is 0.923. The first-order valence-corrected chi connectivity index (χ1v) is 6.78. The van der Waals surface area contributed by atoms with Crippen molar-refractivity contribution in [2.24, 2.45) is 0 Å². The molecule has 96 valence electrons. The maximum Gasteiger partial charge on any atom is 0.140 e. The Labute approximate surface area is 121 Å². The lowest BCUT2D eigenvalue weighted by Crippen LogP contribution is -2.08. The van der Waals surface area contributed by atoms with Crippen molar-refractivity contribution in [3.63, 3.8) is 0 Å². The van der Waals surface area contributed by atoms with E-state index in [0.29, 0.717) is 5.56 Å². The average Bonchev–Trinajstić information content (AvgIpc) is 2.42. The minimum atomic E-state index is 0.124. The predicted molar refractivity (Wildman–Crippen MR) is 79.9 cm³/mol. The minimum absolute atomic E-state index is 0.124. The summed E-state index contributed by atoms with van der Waals surface area (Å²) < 4.78 is 0.952. The molecule has 0 saturated heterocycles. The summed E-state index contributed by atoms with van der Waals surface area (Å²) in [5.74, 6) is 0.822. The van der Waals surface area contributed by atoms with Crippen LogP contribution >= 0.6 is 15.9 Å². The van der Waals surface area contributed by atoms with Gasteiger partial charge in [0.2, 0.25) is 0 Å². The first-order chi connectivity index (χ1) is 9.10. The third-order valence-corrected chi connectivity index (χ3v) is 3.48. The molecule has 0 radical (unpaired) electrons. The summed E-state index contributed by atoms with van der Waals surface area (Å²) in [7, 11) is 0. The van der Waals surface area contributed by atoms with E-state index >= 15 is 0 Å². The second kappa shape index (κ2) is 5.85. The van der Waals surface area contributed by atoms with E-state index in [1.807, 2.05) is 43.5 Å². The number of rotatable bonds is 3. The van der Waals surface area contributed by atoms with Crippen LogP contribution in [0.2, 0.25) is 0 Å². The molecule has 0 amide bonds. The van der Waals surface area contributed by atoms with Crippen LogP contribution in [0.15, 0.2) is 41.0 Å². The molecule has 1 heterocycles. The number of nitrogens with one attached hydrogen (secondary N) is 1. The molecule has 1 unspecified atom stereocenters. The Bertz CT molecular complexity index is 614. The van der Waals surface area contributed by atoms with Crippen LogP contribution in [-0.2, 0) is 0 Å². The van der Waals surface area contributed by atoms with Gasteiger partial charge in [0.05, 0.1) is 16.1 Å². The summed E-state index contributed by atoms with van der Waals surface area (Å²) in [6, 6.07) is 11.8. The van der Waals surface area contributed by atoms with Crippen LogP contribution in [0.25, 0.3) is 0 Å². The smallest absolute Gasteiger partial charge is 0.140 e. The van der Waals surface area contributed by atoms with Gasteiger partial charge in [0.1, 0.15) is 5.82 Å². The maximum absolute atomic E-state index is 8.78. The van der Waals surface area contributed by atoms with E-state index in [4.69, 9.17) is 5.26 Å². The summed E-state index contributed by atoms with van der Waals surface area (Å²) in [6.45, 7) is 4.07. The Hall–Kier alpha value is -1.86. The number of anilines is 1. The summed E-state index contributed by atoms with van der Waals surface area (Å²) in [6.07, 6.45) is 1.83. The first kappa shape index (κ1) is 13.6. The van der Waals surface area contributed by atoms with Gasteiger partial charge >= 0.3 is 0 Å². The number of nitriles is 1. The van der Waals surface area contributed by atoms with Crippen molar-refractivity contribution in [2.75, 3.05) is 5.32 Å². The van der Waals surface area contributed by atoms with E-state index in [9.17, 15) is 0 Å². The van der Waals surface area contributed by atoms with Crippen LogP contribution in [-0.4, -0.2) is 4.98 Å². The molecule has 0 spiro atoms. The van der Waals surface area contributed by atoms with Gasteiger partial charge in [-0.25, -0.2) is 4.98 Å². The number of pyridine rings is 1. The number of aromatic nitrogens is 1. The van der Waals surface area contributed by atoms with Crippen molar-refractivity contribution < 1.29 is 0 Å². The van der Waals surface area contributed by atoms with E-state index in [2.05, 4.69) is 39.2 Å². The zero-order valence-corrected chi connectivity index (χ0v) is 12.4. The molecule has 2 rings (SSSR count). The summed E-state index contributed by atoms with van der Waals surface area (Å²) in [5, 5.41) is 12.1.